The molecule has 3 rings (SSSR count). The summed E-state index contributed by atoms with van der Waals surface area (Å²) < 4.78 is 1.08. The molecule has 0 unspecified atom stereocenters. The smallest absolute Gasteiger partial charge is 0.312 e. The third-order valence-corrected chi connectivity index (χ3v) is 4.32. The van der Waals surface area contributed by atoms with E-state index in [0.717, 1.165) is 0 Å². The number of nitro groups is 2. The minimum absolute atomic E-state index is 0.0989. The van der Waals surface area contributed by atoms with Crippen molar-refractivity contribution in [2.45, 2.75) is 0 Å². The summed E-state index contributed by atoms with van der Waals surface area (Å²) in [6.45, 7) is 0. The molecule has 0 aliphatic rings. The van der Waals surface area contributed by atoms with Crippen molar-refractivity contribution in [3.05, 3.63) is 83.1 Å². The molecule has 3 aromatic rings. The Labute approximate surface area is 185 Å². The predicted molar refractivity (Wildman–Crippen MR) is 116 cm³/mol. The van der Waals surface area contributed by atoms with Gasteiger partial charge in [-0.2, -0.15) is 0 Å². The van der Waals surface area contributed by atoms with E-state index in [9.17, 15) is 20.2 Å². The molecule has 150 valence electrons. The van der Waals surface area contributed by atoms with Crippen LogP contribution in [0.3, 0.4) is 0 Å². The largest absolute Gasteiger partial charge is 0.399 e. The molecular weight excluding hydrogens is 535 g/mol. The van der Waals surface area contributed by atoms with E-state index in [1.54, 1.807) is 24.3 Å². The van der Waals surface area contributed by atoms with Crippen LogP contribution in [-0.4, -0.2) is 19.8 Å². The second-order valence-corrected chi connectivity index (χ2v) is 7.44. The van der Waals surface area contributed by atoms with Crippen molar-refractivity contribution in [2.75, 3.05) is 11.1 Å². The van der Waals surface area contributed by atoms with Crippen LogP contribution in [0.4, 0.5) is 28.6 Å². The highest BCUT2D eigenvalue weighted by atomic mass is 79.9. The fourth-order valence-corrected chi connectivity index (χ4v) is 2.77. The molecule has 0 atom stereocenters. The fraction of sp³-hybridized carbons (Fsp3) is 0. The summed E-state index contributed by atoms with van der Waals surface area (Å²) in [4.78, 5) is 27.6. The van der Waals surface area contributed by atoms with Crippen LogP contribution in [0, 0.1) is 20.2 Å². The number of benzene rings is 1. The number of nitrogens with one attached hydrogen (secondary N) is 1. The van der Waals surface area contributed by atoms with Gasteiger partial charge < -0.3 is 11.1 Å². The topological polar surface area (TPSA) is 150 Å². The maximum Gasteiger partial charge on any atom is 0.312 e. The number of hydrogen-bond acceptors (Lipinski definition) is 8. The van der Waals surface area contributed by atoms with Crippen molar-refractivity contribution in [3.63, 3.8) is 0 Å². The van der Waals surface area contributed by atoms with Crippen LogP contribution >= 0.6 is 43.5 Å². The summed E-state index contributed by atoms with van der Waals surface area (Å²) in [5, 5.41) is 23.9. The van der Waals surface area contributed by atoms with Gasteiger partial charge in [-0.3, -0.25) is 20.2 Å². The molecule has 2 heterocycles. The van der Waals surface area contributed by atoms with Crippen molar-refractivity contribution < 1.29 is 9.85 Å². The average Bonchev–Trinajstić information content (AvgIpc) is 2.65. The zero-order valence-corrected chi connectivity index (χ0v) is 18.2. The Morgan fingerprint density at radius 1 is 0.966 bits per heavy atom. The molecule has 0 aliphatic heterocycles. The molecule has 0 amide bonds. The molecule has 0 radical (unpaired) electrons. The van der Waals surface area contributed by atoms with Gasteiger partial charge in [0.1, 0.15) is 0 Å². The number of nitrogens with zero attached hydrogens (tertiary/aromatic N) is 4. The van der Waals surface area contributed by atoms with Gasteiger partial charge in [0.15, 0.2) is 0 Å². The Morgan fingerprint density at radius 2 is 1.55 bits per heavy atom. The SMILES string of the molecule is Nc1cccc(Nc2ncc(Br)cc2[N+](=O)[O-])c1.O=[N+]([O-])c1cc(Br)cnc1Cl. The minimum Gasteiger partial charge on any atom is -0.399 e. The first-order chi connectivity index (χ1) is 13.7. The fourth-order valence-electron chi connectivity index (χ4n) is 1.96. The number of rotatable bonds is 4. The second-order valence-electron chi connectivity index (χ2n) is 5.25. The summed E-state index contributed by atoms with van der Waals surface area (Å²) in [6.07, 6.45) is 2.89. The van der Waals surface area contributed by atoms with E-state index in [0.29, 0.717) is 20.3 Å². The quantitative estimate of drug-likeness (QED) is 0.189. The van der Waals surface area contributed by atoms with E-state index >= 15 is 0 Å². The van der Waals surface area contributed by atoms with Gasteiger partial charge in [-0.25, -0.2) is 9.97 Å². The van der Waals surface area contributed by atoms with Gasteiger partial charge in [0.2, 0.25) is 11.0 Å². The Balaban J connectivity index is 0.000000234. The van der Waals surface area contributed by atoms with Crippen LogP contribution in [0.15, 0.2) is 57.7 Å². The van der Waals surface area contributed by atoms with E-state index in [1.165, 1.54) is 24.5 Å². The highest BCUT2D eigenvalue weighted by molar-refractivity contribution is 9.10. The van der Waals surface area contributed by atoms with Crippen LogP contribution in [0.1, 0.15) is 0 Å². The molecule has 0 fully saturated rings. The Morgan fingerprint density at radius 3 is 2.10 bits per heavy atom. The number of halogens is 3. The van der Waals surface area contributed by atoms with Gasteiger partial charge >= 0.3 is 11.4 Å². The maximum atomic E-state index is 10.9. The molecule has 10 nitrogen and oxygen atoms in total. The van der Waals surface area contributed by atoms with Crippen LogP contribution in [-0.2, 0) is 0 Å². The van der Waals surface area contributed by atoms with Gasteiger partial charge in [0, 0.05) is 44.8 Å². The molecule has 1 aromatic carbocycles. The van der Waals surface area contributed by atoms with Crippen LogP contribution in [0.5, 0.6) is 0 Å². The van der Waals surface area contributed by atoms with Crippen molar-refractivity contribution in [1.82, 2.24) is 9.97 Å². The van der Waals surface area contributed by atoms with Gasteiger partial charge in [-0.1, -0.05) is 17.7 Å². The highest BCUT2D eigenvalue weighted by Gasteiger charge is 2.16. The van der Waals surface area contributed by atoms with Crippen molar-refractivity contribution in [2.24, 2.45) is 0 Å². The first-order valence-electron chi connectivity index (χ1n) is 7.55. The summed E-state index contributed by atoms with van der Waals surface area (Å²) in [5.74, 6) is 0.175. The summed E-state index contributed by atoms with van der Waals surface area (Å²) in [5.41, 5.74) is 6.55. The number of nitrogen functional groups attached to an aromatic ring is 1. The molecule has 13 heteroatoms. The number of pyridine rings is 2. The first kappa shape index (κ1) is 22.5. The van der Waals surface area contributed by atoms with Crippen molar-refractivity contribution in [1.29, 1.82) is 0 Å². The zero-order chi connectivity index (χ0) is 21.6. The first-order valence-corrected chi connectivity index (χ1v) is 9.51. The molecule has 0 spiro atoms. The minimum atomic E-state index is -0.583. The van der Waals surface area contributed by atoms with Gasteiger partial charge in [-0.15, -0.1) is 0 Å². The average molecular weight is 547 g/mol. The number of anilines is 3. The Bertz CT molecular complexity index is 1070. The molecular formula is C16H11Br2ClN6O4. The summed E-state index contributed by atoms with van der Waals surface area (Å²) >= 11 is 11.6. The lowest BCUT2D eigenvalue weighted by atomic mass is 10.3. The lowest BCUT2D eigenvalue weighted by Gasteiger charge is -2.06. The van der Waals surface area contributed by atoms with Gasteiger partial charge in [0.25, 0.3) is 0 Å². The van der Waals surface area contributed by atoms with Crippen LogP contribution in [0.25, 0.3) is 0 Å². The number of hydrogen-bond donors (Lipinski definition) is 2. The lowest BCUT2D eigenvalue weighted by Crippen LogP contribution is -2.00. The van der Waals surface area contributed by atoms with Crippen LogP contribution < -0.4 is 11.1 Å². The highest BCUT2D eigenvalue weighted by Crippen LogP contribution is 2.28. The molecule has 0 aliphatic carbocycles. The van der Waals surface area contributed by atoms with Crippen LogP contribution in [0.2, 0.25) is 5.15 Å². The zero-order valence-electron chi connectivity index (χ0n) is 14.3. The third-order valence-electron chi connectivity index (χ3n) is 3.16. The standard InChI is InChI=1S/C11H9BrN4O2.C5H2BrClN2O2/c12-7-4-10(16(17)18)11(14-6-7)15-9-3-1-2-8(13)5-9;6-3-1-4(9(10)11)5(7)8-2-3/h1-6H,13H2,(H,14,15);1-2H. The number of aromatic nitrogens is 2. The van der Waals surface area contributed by atoms with Gasteiger partial charge in [0.05, 0.1) is 9.85 Å². The molecule has 0 saturated carbocycles. The summed E-state index contributed by atoms with van der Waals surface area (Å²) in [7, 11) is 0. The Hall–Kier alpha value is -2.83. The van der Waals surface area contributed by atoms with E-state index in [1.807, 2.05) is 0 Å². The van der Waals surface area contributed by atoms with Crippen molar-refractivity contribution in [3.8, 4) is 0 Å². The Kier molecular flexibility index (Phi) is 7.82. The van der Waals surface area contributed by atoms with Gasteiger partial charge in [-0.05, 0) is 50.1 Å². The molecule has 0 saturated heterocycles. The van der Waals surface area contributed by atoms with E-state index in [2.05, 4.69) is 47.1 Å². The lowest BCUT2D eigenvalue weighted by molar-refractivity contribution is -0.385. The van der Waals surface area contributed by atoms with E-state index < -0.39 is 9.85 Å². The third kappa shape index (κ3) is 6.62. The molecule has 29 heavy (non-hydrogen) atoms. The second kappa shape index (κ2) is 10.1. The normalized spacial score (nSPS) is 9.90. The number of nitrogens with two attached hydrogens (primary N) is 1. The monoisotopic (exact) mass is 544 g/mol. The van der Waals surface area contributed by atoms with Crippen molar-refractivity contribution >= 4 is 72.0 Å². The summed E-state index contributed by atoms with van der Waals surface area (Å²) in [6, 6.07) is 9.60. The predicted octanol–water partition coefficient (Wildman–Crippen LogP) is 5.48. The molecule has 2 aromatic heterocycles. The van der Waals surface area contributed by atoms with E-state index in [-0.39, 0.29) is 22.3 Å². The molecule has 0 bridgehead atoms. The molecule has 3 N–H and O–H groups in total. The van der Waals surface area contributed by atoms with E-state index in [4.69, 9.17) is 17.3 Å². The maximum absolute atomic E-state index is 10.9.